The van der Waals surface area contributed by atoms with Gasteiger partial charge in [-0.1, -0.05) is 11.3 Å². The molecule has 0 radical (unpaired) electrons. The molecule has 0 aliphatic carbocycles. The molecule has 0 spiro atoms. The number of benzene rings is 1. The van der Waals surface area contributed by atoms with Gasteiger partial charge in [0, 0.05) is 21.0 Å². The summed E-state index contributed by atoms with van der Waals surface area (Å²) in [5.41, 5.74) is 0.555. The minimum atomic E-state index is 0.227. The van der Waals surface area contributed by atoms with Gasteiger partial charge in [-0.2, -0.15) is 5.26 Å². The molecule has 1 aromatic heterocycles. The van der Waals surface area contributed by atoms with Crippen LogP contribution >= 0.6 is 24.0 Å². The van der Waals surface area contributed by atoms with Crippen LogP contribution in [0.25, 0.3) is 10.1 Å². The van der Waals surface area contributed by atoms with Crippen molar-refractivity contribution in [3.8, 4) is 11.1 Å². The Balaban J connectivity index is 2.90. The summed E-state index contributed by atoms with van der Waals surface area (Å²) in [5, 5.41) is 19.1. The second kappa shape index (κ2) is 2.95. The minimum absolute atomic E-state index is 0.227. The molecule has 2 rings (SSSR count). The van der Waals surface area contributed by atoms with Crippen LogP contribution in [0.1, 0.15) is 5.56 Å². The maximum Gasteiger partial charge on any atom is 0.172 e. The molecule has 1 N–H and O–H groups in total. The molecule has 4 heteroatoms. The average Bonchev–Trinajstić information content (AvgIpc) is 2.43. The number of thiophene rings is 1. The van der Waals surface area contributed by atoms with Gasteiger partial charge in [0.25, 0.3) is 0 Å². The smallest absolute Gasteiger partial charge is 0.172 e. The Kier molecular flexibility index (Phi) is 1.91. The van der Waals surface area contributed by atoms with Gasteiger partial charge in [-0.3, -0.25) is 0 Å². The fourth-order valence-electron chi connectivity index (χ4n) is 1.20. The summed E-state index contributed by atoms with van der Waals surface area (Å²) in [7, 11) is 0. The average molecular weight is 207 g/mol. The van der Waals surface area contributed by atoms with Gasteiger partial charge in [0.05, 0.1) is 11.6 Å². The Labute approximate surface area is 84.5 Å². The highest BCUT2D eigenvalue weighted by molar-refractivity contribution is 7.80. The molecule has 0 atom stereocenters. The molecule has 0 unspecified atom stereocenters. The summed E-state index contributed by atoms with van der Waals surface area (Å²) in [6.45, 7) is 0. The molecule has 0 aliphatic heterocycles. The number of rotatable bonds is 0. The summed E-state index contributed by atoms with van der Waals surface area (Å²) in [6, 6.07) is 7.20. The van der Waals surface area contributed by atoms with Crippen molar-refractivity contribution in [1.29, 1.82) is 5.26 Å². The van der Waals surface area contributed by atoms with Crippen LogP contribution in [-0.2, 0) is 0 Å². The first-order chi connectivity index (χ1) is 6.20. The van der Waals surface area contributed by atoms with Crippen molar-refractivity contribution in [2.24, 2.45) is 0 Å². The quantitative estimate of drug-likeness (QED) is 0.652. The van der Waals surface area contributed by atoms with E-state index < -0.39 is 0 Å². The third kappa shape index (κ3) is 1.37. The Morgan fingerprint density at radius 1 is 1.38 bits per heavy atom. The van der Waals surface area contributed by atoms with E-state index in [9.17, 15) is 5.11 Å². The van der Waals surface area contributed by atoms with Crippen LogP contribution in [0, 0.1) is 11.3 Å². The standard InChI is InChI=1S/C9H5NOS2/c10-4-5-1-6(12)2-8-7(5)3-9(11)13-8/h1-3,11-12H. The highest BCUT2D eigenvalue weighted by Crippen LogP contribution is 2.34. The van der Waals surface area contributed by atoms with Crippen LogP contribution in [-0.4, -0.2) is 5.11 Å². The maximum absolute atomic E-state index is 9.25. The van der Waals surface area contributed by atoms with Gasteiger partial charge >= 0.3 is 0 Å². The zero-order valence-corrected chi connectivity index (χ0v) is 8.19. The maximum atomic E-state index is 9.25. The molecule has 13 heavy (non-hydrogen) atoms. The highest BCUT2D eigenvalue weighted by Gasteiger charge is 2.06. The Morgan fingerprint density at radius 3 is 2.85 bits per heavy atom. The molecule has 0 fully saturated rings. The highest BCUT2D eigenvalue weighted by atomic mass is 32.1. The number of thiol groups is 1. The Morgan fingerprint density at radius 2 is 2.15 bits per heavy atom. The largest absolute Gasteiger partial charge is 0.499 e. The van der Waals surface area contributed by atoms with E-state index in [1.165, 1.54) is 11.3 Å². The van der Waals surface area contributed by atoms with Gasteiger partial charge in [-0.15, -0.1) is 12.6 Å². The van der Waals surface area contributed by atoms with E-state index in [0.29, 0.717) is 5.56 Å². The zero-order valence-electron chi connectivity index (χ0n) is 6.48. The molecule has 0 amide bonds. The van der Waals surface area contributed by atoms with Gasteiger partial charge in [-0.25, -0.2) is 0 Å². The fraction of sp³-hybridized carbons (Fsp3) is 0. The number of hydrogen-bond donors (Lipinski definition) is 2. The first-order valence-corrected chi connectivity index (χ1v) is 4.82. The second-order valence-corrected chi connectivity index (χ2v) is 4.18. The normalized spacial score (nSPS) is 10.2. The molecule has 0 saturated heterocycles. The molecule has 0 bridgehead atoms. The topological polar surface area (TPSA) is 44.0 Å². The lowest BCUT2D eigenvalue weighted by Crippen LogP contribution is -1.75. The lowest BCUT2D eigenvalue weighted by atomic mass is 10.1. The Hall–Kier alpha value is -1.18. The van der Waals surface area contributed by atoms with Gasteiger partial charge < -0.3 is 5.11 Å². The molecule has 2 nitrogen and oxygen atoms in total. The first-order valence-electron chi connectivity index (χ1n) is 3.56. The summed E-state index contributed by atoms with van der Waals surface area (Å²) in [6.07, 6.45) is 0. The summed E-state index contributed by atoms with van der Waals surface area (Å²) >= 11 is 5.42. The van der Waals surface area contributed by atoms with E-state index in [4.69, 9.17) is 5.26 Å². The van der Waals surface area contributed by atoms with Gasteiger partial charge in [0.15, 0.2) is 5.06 Å². The summed E-state index contributed by atoms with van der Waals surface area (Å²) < 4.78 is 0.890. The van der Waals surface area contributed by atoms with Crippen LogP contribution < -0.4 is 0 Å². The number of nitrogens with zero attached hydrogens (tertiary/aromatic N) is 1. The predicted molar refractivity (Wildman–Crippen MR) is 55.5 cm³/mol. The SMILES string of the molecule is N#Cc1cc(S)cc2sc(O)cc12. The van der Waals surface area contributed by atoms with Gasteiger partial charge in [0.1, 0.15) is 0 Å². The van der Waals surface area contributed by atoms with E-state index >= 15 is 0 Å². The Bertz CT molecular complexity index is 510. The van der Waals surface area contributed by atoms with Crippen molar-refractivity contribution < 1.29 is 5.11 Å². The molecule has 1 aromatic carbocycles. The van der Waals surface area contributed by atoms with Crippen LogP contribution in [0.5, 0.6) is 5.06 Å². The van der Waals surface area contributed by atoms with Crippen molar-refractivity contribution >= 4 is 34.1 Å². The van der Waals surface area contributed by atoms with E-state index in [1.54, 1.807) is 12.1 Å². The van der Waals surface area contributed by atoms with Crippen molar-refractivity contribution in [2.45, 2.75) is 4.90 Å². The molecule has 0 saturated carbocycles. The van der Waals surface area contributed by atoms with E-state index in [-0.39, 0.29) is 5.06 Å². The van der Waals surface area contributed by atoms with Crippen LogP contribution in [0.3, 0.4) is 0 Å². The summed E-state index contributed by atoms with van der Waals surface area (Å²) in [4.78, 5) is 0.742. The fourth-order valence-corrected chi connectivity index (χ4v) is 2.42. The van der Waals surface area contributed by atoms with Crippen LogP contribution in [0.2, 0.25) is 0 Å². The van der Waals surface area contributed by atoms with Crippen molar-refractivity contribution in [1.82, 2.24) is 0 Å². The predicted octanol–water partition coefficient (Wildman–Crippen LogP) is 2.77. The molecule has 2 aromatic rings. The number of hydrogen-bond acceptors (Lipinski definition) is 4. The minimum Gasteiger partial charge on any atom is -0.499 e. The van der Waals surface area contributed by atoms with Gasteiger partial charge in [0.2, 0.25) is 0 Å². The van der Waals surface area contributed by atoms with Crippen molar-refractivity contribution in [2.75, 3.05) is 0 Å². The monoisotopic (exact) mass is 207 g/mol. The number of aromatic hydroxyl groups is 1. The van der Waals surface area contributed by atoms with Crippen molar-refractivity contribution in [3.05, 3.63) is 23.8 Å². The second-order valence-electron chi connectivity index (χ2n) is 2.60. The first kappa shape index (κ1) is 8.42. The third-order valence-electron chi connectivity index (χ3n) is 1.73. The van der Waals surface area contributed by atoms with Crippen LogP contribution in [0.15, 0.2) is 23.1 Å². The van der Waals surface area contributed by atoms with E-state index in [2.05, 4.69) is 18.7 Å². The molecule has 64 valence electrons. The molecule has 1 heterocycles. The van der Waals surface area contributed by atoms with Gasteiger partial charge in [-0.05, 0) is 12.1 Å². The van der Waals surface area contributed by atoms with E-state index in [1.807, 2.05) is 6.07 Å². The summed E-state index contributed by atoms with van der Waals surface area (Å²) in [5.74, 6) is 0. The van der Waals surface area contributed by atoms with Crippen LogP contribution in [0.4, 0.5) is 0 Å². The molecular formula is C9H5NOS2. The zero-order chi connectivity index (χ0) is 9.42. The van der Waals surface area contributed by atoms with E-state index in [0.717, 1.165) is 15.0 Å². The molecule has 0 aliphatic rings. The van der Waals surface area contributed by atoms with Crippen molar-refractivity contribution in [3.63, 3.8) is 0 Å². The molecular weight excluding hydrogens is 202 g/mol. The lowest BCUT2D eigenvalue weighted by molar-refractivity contribution is 0.491. The number of nitriles is 1. The lowest BCUT2D eigenvalue weighted by Gasteiger charge is -1.94. The third-order valence-corrected chi connectivity index (χ3v) is 2.87. The number of fused-ring (bicyclic) bond motifs is 1.